The lowest BCUT2D eigenvalue weighted by Gasteiger charge is -2.35. The van der Waals surface area contributed by atoms with Gasteiger partial charge in [-0.15, -0.1) is 0 Å². The van der Waals surface area contributed by atoms with Crippen molar-refractivity contribution in [3.05, 3.63) is 60.3 Å². The minimum absolute atomic E-state index is 0.0114. The molecule has 0 radical (unpaired) electrons. The predicted molar refractivity (Wildman–Crippen MR) is 140 cm³/mol. The number of pyridine rings is 1. The third kappa shape index (κ3) is 6.10. The molecular formula is C24H22Br2F2N6O4. The third-order valence-corrected chi connectivity index (χ3v) is 7.43. The van der Waals surface area contributed by atoms with E-state index in [1.807, 2.05) is 6.07 Å². The molecule has 14 heteroatoms. The monoisotopic (exact) mass is 654 g/mol. The van der Waals surface area contributed by atoms with E-state index in [1.165, 1.54) is 34.2 Å². The summed E-state index contributed by atoms with van der Waals surface area (Å²) in [6, 6.07) is 5.68. The number of aromatic nitrogens is 1. The summed E-state index contributed by atoms with van der Waals surface area (Å²) in [4.78, 5) is 44.7. The van der Waals surface area contributed by atoms with Crippen molar-refractivity contribution in [3.8, 4) is 6.07 Å². The van der Waals surface area contributed by atoms with Crippen molar-refractivity contribution in [2.75, 3.05) is 31.5 Å². The van der Waals surface area contributed by atoms with Gasteiger partial charge < -0.3 is 15.1 Å². The molecule has 1 aromatic heterocycles. The van der Waals surface area contributed by atoms with Crippen LogP contribution in [-0.2, 0) is 0 Å². The number of piperidine rings is 2. The Labute approximate surface area is 233 Å². The zero-order valence-corrected chi connectivity index (χ0v) is 23.1. The number of halogens is 4. The van der Waals surface area contributed by atoms with E-state index in [0.717, 1.165) is 0 Å². The SMILES string of the molecule is N#Cc1ncc(Br)cc1C(=O)N1CCC[C@@H](Nc2c(C(=O)N3CCC(F)(F)CC3)cc(Br)cc2[N+](=O)[O-])C1. The van der Waals surface area contributed by atoms with Crippen molar-refractivity contribution in [3.63, 3.8) is 0 Å². The number of nitro benzene ring substituents is 1. The summed E-state index contributed by atoms with van der Waals surface area (Å²) in [6.07, 6.45) is 1.59. The molecule has 38 heavy (non-hydrogen) atoms. The molecule has 4 rings (SSSR count). The molecule has 2 saturated heterocycles. The number of benzene rings is 1. The first-order chi connectivity index (χ1) is 18.0. The number of carbonyl (C=O) groups excluding carboxylic acids is 2. The van der Waals surface area contributed by atoms with Crippen molar-refractivity contribution in [2.45, 2.75) is 37.6 Å². The van der Waals surface area contributed by atoms with E-state index < -0.39 is 41.5 Å². The number of hydrogen-bond acceptors (Lipinski definition) is 7. The largest absolute Gasteiger partial charge is 0.374 e. The lowest BCUT2D eigenvalue weighted by molar-refractivity contribution is -0.384. The molecule has 3 heterocycles. The Morgan fingerprint density at radius 3 is 2.42 bits per heavy atom. The molecule has 2 amide bonds. The number of hydrogen-bond donors (Lipinski definition) is 1. The zero-order valence-electron chi connectivity index (χ0n) is 19.9. The van der Waals surface area contributed by atoms with Gasteiger partial charge in [0.2, 0.25) is 0 Å². The summed E-state index contributed by atoms with van der Waals surface area (Å²) in [5, 5.41) is 24.4. The second-order valence-electron chi connectivity index (χ2n) is 9.15. The summed E-state index contributed by atoms with van der Waals surface area (Å²) in [7, 11) is 0. The molecule has 0 aliphatic carbocycles. The topological polar surface area (TPSA) is 132 Å². The summed E-state index contributed by atoms with van der Waals surface area (Å²) in [5.41, 5.74) is -0.271. The van der Waals surface area contributed by atoms with E-state index >= 15 is 0 Å². The average Bonchev–Trinajstić information content (AvgIpc) is 2.88. The summed E-state index contributed by atoms with van der Waals surface area (Å²) in [5.74, 6) is -3.85. The quantitative estimate of drug-likeness (QED) is 0.355. The molecular weight excluding hydrogens is 634 g/mol. The predicted octanol–water partition coefficient (Wildman–Crippen LogP) is 4.97. The van der Waals surface area contributed by atoms with E-state index in [2.05, 4.69) is 42.2 Å². The first-order valence-corrected chi connectivity index (χ1v) is 13.3. The number of nitriles is 1. The molecule has 0 saturated carbocycles. The van der Waals surface area contributed by atoms with Gasteiger partial charge in [0.25, 0.3) is 23.4 Å². The van der Waals surface area contributed by atoms with E-state index in [9.17, 15) is 33.7 Å². The Hall–Kier alpha value is -3.18. The van der Waals surface area contributed by atoms with Crippen LogP contribution in [0.5, 0.6) is 0 Å². The van der Waals surface area contributed by atoms with Gasteiger partial charge in [-0.2, -0.15) is 5.26 Å². The number of nitrogens with zero attached hydrogens (tertiary/aromatic N) is 5. The first kappa shape index (κ1) is 27.8. The highest BCUT2D eigenvalue weighted by atomic mass is 79.9. The van der Waals surface area contributed by atoms with Crippen LogP contribution >= 0.6 is 31.9 Å². The molecule has 10 nitrogen and oxygen atoms in total. The van der Waals surface area contributed by atoms with E-state index in [0.29, 0.717) is 28.3 Å². The minimum atomic E-state index is -2.85. The Balaban J connectivity index is 1.61. The van der Waals surface area contributed by atoms with Gasteiger partial charge in [0.05, 0.1) is 16.1 Å². The third-order valence-electron chi connectivity index (χ3n) is 6.54. The molecule has 0 unspecified atom stereocenters. The highest BCUT2D eigenvalue weighted by molar-refractivity contribution is 9.10. The second-order valence-corrected chi connectivity index (χ2v) is 11.0. The fraction of sp³-hybridized carbons (Fsp3) is 0.417. The molecule has 2 fully saturated rings. The molecule has 0 spiro atoms. The Kier molecular flexibility index (Phi) is 8.27. The molecule has 0 bridgehead atoms. The molecule has 2 aliphatic heterocycles. The van der Waals surface area contributed by atoms with Gasteiger partial charge in [-0.05, 0) is 40.9 Å². The maximum absolute atomic E-state index is 13.7. The van der Waals surface area contributed by atoms with Gasteiger partial charge in [0, 0.05) is 66.3 Å². The maximum Gasteiger partial charge on any atom is 0.294 e. The van der Waals surface area contributed by atoms with E-state index in [4.69, 9.17) is 0 Å². The summed E-state index contributed by atoms with van der Waals surface area (Å²) in [6.45, 7) is 0.232. The van der Waals surface area contributed by atoms with Crippen LogP contribution in [0.15, 0.2) is 33.3 Å². The molecule has 2 aromatic rings. The van der Waals surface area contributed by atoms with E-state index in [1.54, 1.807) is 0 Å². The zero-order chi connectivity index (χ0) is 27.6. The second kappa shape index (κ2) is 11.3. The van der Waals surface area contributed by atoms with Crippen LogP contribution in [0.1, 0.15) is 52.1 Å². The maximum atomic E-state index is 13.7. The lowest BCUT2D eigenvalue weighted by atomic mass is 10.0. The van der Waals surface area contributed by atoms with Crippen LogP contribution in [0.25, 0.3) is 0 Å². The fourth-order valence-corrected chi connectivity index (χ4v) is 5.39. The molecule has 2 aliphatic rings. The fourth-order valence-electron chi connectivity index (χ4n) is 4.61. The standard InChI is InChI=1S/C24H22Br2F2N6O4/c25-14-8-18(23(36)32-6-3-24(27,28)4-7-32)21(20(10-14)34(37)38)31-16-2-1-5-33(13-16)22(35)17-9-15(26)12-30-19(17)11-29/h8-10,12,16,31H,1-7,13H2/t16-/m1/s1. The van der Waals surface area contributed by atoms with Crippen LogP contribution in [0, 0.1) is 21.4 Å². The van der Waals surface area contributed by atoms with Crippen LogP contribution in [0.2, 0.25) is 0 Å². The van der Waals surface area contributed by atoms with Crippen LogP contribution in [-0.4, -0.2) is 69.7 Å². The minimum Gasteiger partial charge on any atom is -0.374 e. The lowest BCUT2D eigenvalue weighted by Crippen LogP contribution is -2.46. The molecule has 1 aromatic carbocycles. The highest BCUT2D eigenvalue weighted by Gasteiger charge is 2.37. The molecule has 1 N–H and O–H groups in total. The van der Waals surface area contributed by atoms with Gasteiger partial charge in [0.1, 0.15) is 11.8 Å². The number of anilines is 1. The summed E-state index contributed by atoms with van der Waals surface area (Å²) < 4.78 is 28.1. The number of carbonyl (C=O) groups is 2. The number of rotatable bonds is 5. The van der Waals surface area contributed by atoms with Gasteiger partial charge in [-0.1, -0.05) is 15.9 Å². The smallest absolute Gasteiger partial charge is 0.294 e. The number of nitro groups is 1. The van der Waals surface area contributed by atoms with Gasteiger partial charge >= 0.3 is 0 Å². The van der Waals surface area contributed by atoms with Gasteiger partial charge in [0.15, 0.2) is 5.69 Å². The molecule has 200 valence electrons. The van der Waals surface area contributed by atoms with Crippen molar-refractivity contribution < 1.29 is 23.3 Å². The Morgan fingerprint density at radius 2 is 1.76 bits per heavy atom. The van der Waals surface area contributed by atoms with Crippen molar-refractivity contribution >= 4 is 55.0 Å². The van der Waals surface area contributed by atoms with Crippen LogP contribution in [0.3, 0.4) is 0 Å². The Morgan fingerprint density at radius 1 is 1.11 bits per heavy atom. The normalized spacial score (nSPS) is 19.0. The van der Waals surface area contributed by atoms with Crippen molar-refractivity contribution in [1.82, 2.24) is 14.8 Å². The van der Waals surface area contributed by atoms with Gasteiger partial charge in [-0.25, -0.2) is 13.8 Å². The van der Waals surface area contributed by atoms with E-state index in [-0.39, 0.29) is 47.8 Å². The number of likely N-dealkylation sites (tertiary alicyclic amines) is 2. The van der Waals surface area contributed by atoms with Crippen LogP contribution < -0.4 is 5.32 Å². The number of alkyl halides is 2. The number of nitrogens with one attached hydrogen (secondary N) is 1. The van der Waals surface area contributed by atoms with Crippen molar-refractivity contribution in [1.29, 1.82) is 5.26 Å². The average molecular weight is 656 g/mol. The van der Waals surface area contributed by atoms with Gasteiger partial charge in [-0.3, -0.25) is 19.7 Å². The Bertz CT molecular complexity index is 1330. The first-order valence-electron chi connectivity index (χ1n) is 11.8. The molecule has 1 atom stereocenters. The number of amides is 2. The summed E-state index contributed by atoms with van der Waals surface area (Å²) >= 11 is 6.47. The van der Waals surface area contributed by atoms with Crippen molar-refractivity contribution in [2.24, 2.45) is 0 Å². The van der Waals surface area contributed by atoms with Crippen LogP contribution in [0.4, 0.5) is 20.2 Å². The highest BCUT2D eigenvalue weighted by Crippen LogP contribution is 2.36.